The number of aliphatic hydroxyl groups excluding tert-OH is 1. The maximum atomic E-state index is 13.2. The molecule has 2 unspecified atom stereocenters. The topological polar surface area (TPSA) is 68.2 Å². The zero-order valence-corrected chi connectivity index (χ0v) is 17.8. The largest absolute Gasteiger partial charge is 0.758 e. The third kappa shape index (κ3) is 5.05. The first-order chi connectivity index (χ1) is 15.4. The van der Waals surface area contributed by atoms with Crippen molar-refractivity contribution in [2.45, 2.75) is 24.6 Å². The molecule has 0 saturated carbocycles. The molecule has 0 aromatic heterocycles. The molecule has 172 valence electrons. The van der Waals surface area contributed by atoms with Gasteiger partial charge in [0, 0.05) is 12.7 Å². The van der Waals surface area contributed by atoms with Gasteiger partial charge in [-0.2, -0.15) is 13.2 Å². The highest BCUT2D eigenvalue weighted by atomic mass is 32.2. The summed E-state index contributed by atoms with van der Waals surface area (Å²) in [5.74, 6) is 0.281. The van der Waals surface area contributed by atoms with E-state index in [1.54, 1.807) is 0 Å². The summed E-state index contributed by atoms with van der Waals surface area (Å²) in [6.07, 6.45) is -4.88. The molecule has 4 rings (SSSR count). The number of nitrogens with zero attached hydrogens (tertiary/aromatic N) is 2. The van der Waals surface area contributed by atoms with Crippen LogP contribution in [0.5, 0.6) is 0 Å². The number of rotatable bonds is 6. The van der Waals surface area contributed by atoms with Crippen molar-refractivity contribution in [3.05, 3.63) is 87.7 Å². The monoisotopic (exact) mass is 467 g/mol. The molecule has 0 radical (unpaired) electrons. The van der Waals surface area contributed by atoms with E-state index in [9.17, 15) is 23.5 Å². The van der Waals surface area contributed by atoms with Gasteiger partial charge in [-0.15, -0.1) is 0 Å². The average Bonchev–Trinajstić information content (AvgIpc) is 3.23. The van der Waals surface area contributed by atoms with Gasteiger partial charge >= 0.3 is 6.18 Å². The average molecular weight is 467 g/mol. The third-order valence-corrected chi connectivity index (χ3v) is 6.30. The van der Waals surface area contributed by atoms with Crippen LogP contribution in [0.2, 0.25) is 0 Å². The molecule has 10 heteroatoms. The van der Waals surface area contributed by atoms with Gasteiger partial charge in [0.1, 0.15) is 12.1 Å². The third-order valence-electron chi connectivity index (χ3n) is 5.28. The highest BCUT2D eigenvalue weighted by Gasteiger charge is 2.38. The van der Waals surface area contributed by atoms with E-state index in [2.05, 4.69) is 0 Å². The number of morpholine rings is 1. The number of halogens is 3. The Morgan fingerprint density at radius 1 is 1.19 bits per heavy atom. The molecule has 0 bridgehead atoms. The van der Waals surface area contributed by atoms with Crippen molar-refractivity contribution < 1.29 is 27.8 Å². The Morgan fingerprint density at radius 3 is 2.62 bits per heavy atom. The smallest absolute Gasteiger partial charge is 0.416 e. The summed E-state index contributed by atoms with van der Waals surface area (Å²) in [6.45, 7) is 0.291. The Bertz CT molecular complexity index is 944. The molecule has 1 fully saturated rings. The number of aliphatic hydroxyl groups is 1. The van der Waals surface area contributed by atoms with E-state index in [1.165, 1.54) is 30.1 Å². The predicted octanol–water partition coefficient (Wildman–Crippen LogP) is 4.46. The second-order valence-electron chi connectivity index (χ2n) is 7.38. The summed E-state index contributed by atoms with van der Waals surface area (Å²) < 4.78 is 51.4. The molecule has 2 aliphatic rings. The van der Waals surface area contributed by atoms with Gasteiger partial charge in [-0.3, -0.25) is 0 Å². The van der Waals surface area contributed by atoms with E-state index in [4.69, 9.17) is 9.47 Å². The molecule has 0 aliphatic carbocycles. The quantitative estimate of drug-likeness (QED) is 0.673. The maximum absolute atomic E-state index is 13.2. The first-order valence-corrected chi connectivity index (χ1v) is 11.0. The molecule has 32 heavy (non-hydrogen) atoms. The van der Waals surface area contributed by atoms with Crippen molar-refractivity contribution in [2.75, 3.05) is 25.6 Å². The minimum absolute atomic E-state index is 0.204. The van der Waals surface area contributed by atoms with Crippen LogP contribution in [0.3, 0.4) is 0 Å². The minimum Gasteiger partial charge on any atom is -0.758 e. The second kappa shape index (κ2) is 9.72. The lowest BCUT2D eigenvalue weighted by Gasteiger charge is -2.43. The van der Waals surface area contributed by atoms with Crippen molar-refractivity contribution in [1.82, 2.24) is 9.96 Å². The molecule has 2 aliphatic heterocycles. The number of ether oxygens (including phenoxy) is 2. The van der Waals surface area contributed by atoms with E-state index in [0.717, 1.165) is 27.8 Å². The van der Waals surface area contributed by atoms with E-state index in [1.807, 2.05) is 35.2 Å². The lowest BCUT2D eigenvalue weighted by molar-refractivity contribution is -0.231. The van der Waals surface area contributed by atoms with Crippen LogP contribution in [-0.2, 0) is 15.7 Å². The summed E-state index contributed by atoms with van der Waals surface area (Å²) in [7, 11) is 0. The summed E-state index contributed by atoms with van der Waals surface area (Å²) >= 11 is 1.40. The molecule has 0 amide bonds. The standard InChI is InChI=1S/C22H22F3N2O4S/c23-22(24,25)17-8-4-7-16(11-17)18(13-28)31-21-20(15-5-2-1-3-6-15)27(9-10-30-21)19-12-26(29)14-32-19/h1-8,11-12,18,20-21,28H,9-10,13-14H2/q-1/t18-,20?,21?/m1/s1. The second-order valence-corrected chi connectivity index (χ2v) is 8.34. The van der Waals surface area contributed by atoms with Gasteiger partial charge in [-0.05, 0) is 23.3 Å². The Morgan fingerprint density at radius 2 is 1.97 bits per heavy atom. The molecular formula is C22H22F3N2O4S-. The van der Waals surface area contributed by atoms with Gasteiger partial charge in [-0.1, -0.05) is 54.2 Å². The summed E-state index contributed by atoms with van der Waals surface area (Å²) in [5, 5.41) is 23.3. The molecule has 2 heterocycles. The fourth-order valence-electron chi connectivity index (χ4n) is 3.78. The van der Waals surface area contributed by atoms with Crippen molar-refractivity contribution in [2.24, 2.45) is 0 Å². The zero-order valence-electron chi connectivity index (χ0n) is 16.9. The van der Waals surface area contributed by atoms with Crippen LogP contribution < -0.4 is 0 Å². The summed E-state index contributed by atoms with van der Waals surface area (Å²) in [5.41, 5.74) is 0.254. The maximum Gasteiger partial charge on any atom is 0.416 e. The lowest BCUT2D eigenvalue weighted by atomic mass is 10.0. The zero-order chi connectivity index (χ0) is 22.7. The van der Waals surface area contributed by atoms with Crippen molar-refractivity contribution in [3.63, 3.8) is 0 Å². The summed E-state index contributed by atoms with van der Waals surface area (Å²) in [4.78, 5) is 2.01. The fraction of sp³-hybridized carbons (Fsp3) is 0.364. The predicted molar refractivity (Wildman–Crippen MR) is 114 cm³/mol. The van der Waals surface area contributed by atoms with Crippen LogP contribution in [0.1, 0.15) is 28.8 Å². The van der Waals surface area contributed by atoms with E-state index >= 15 is 0 Å². The van der Waals surface area contributed by atoms with Crippen molar-refractivity contribution in [1.29, 1.82) is 0 Å². The van der Waals surface area contributed by atoms with Crippen LogP contribution in [0.4, 0.5) is 13.2 Å². The molecule has 2 aromatic carbocycles. The van der Waals surface area contributed by atoms with Gasteiger partial charge in [0.15, 0.2) is 6.29 Å². The van der Waals surface area contributed by atoms with Crippen LogP contribution in [-0.4, -0.2) is 47.0 Å². The SMILES string of the molecule is [O-]N1C=C(N2CCOC(O[C@H](CO)c3cccc(C(F)(F)F)c3)C2c2ccccc2)SC1. The fourth-order valence-corrected chi connectivity index (χ4v) is 4.68. The number of hydroxylamine groups is 2. The van der Waals surface area contributed by atoms with Gasteiger partial charge in [0.25, 0.3) is 0 Å². The number of alkyl halides is 3. The Labute approximate surface area is 187 Å². The van der Waals surface area contributed by atoms with Crippen LogP contribution in [0.15, 0.2) is 65.8 Å². The minimum atomic E-state index is -4.50. The van der Waals surface area contributed by atoms with Crippen LogP contribution >= 0.6 is 11.8 Å². The normalized spacial score (nSPS) is 22.7. The highest BCUT2D eigenvalue weighted by Crippen LogP contribution is 2.41. The van der Waals surface area contributed by atoms with Gasteiger partial charge in [-0.25, -0.2) is 0 Å². The first kappa shape index (κ1) is 22.9. The van der Waals surface area contributed by atoms with Gasteiger partial charge in [0.2, 0.25) is 0 Å². The number of hydrogen-bond donors (Lipinski definition) is 1. The van der Waals surface area contributed by atoms with E-state index < -0.39 is 36.8 Å². The number of thioether (sulfide) groups is 1. The molecule has 6 nitrogen and oxygen atoms in total. The van der Waals surface area contributed by atoms with Gasteiger partial charge in [0.05, 0.1) is 29.7 Å². The van der Waals surface area contributed by atoms with E-state index in [-0.39, 0.29) is 11.4 Å². The number of hydrogen-bond acceptors (Lipinski definition) is 7. The summed E-state index contributed by atoms with van der Waals surface area (Å²) in [6, 6.07) is 13.7. The first-order valence-electron chi connectivity index (χ1n) is 10.0. The molecule has 1 saturated heterocycles. The highest BCUT2D eigenvalue weighted by molar-refractivity contribution is 8.03. The van der Waals surface area contributed by atoms with Crippen LogP contribution in [0, 0.1) is 5.21 Å². The Kier molecular flexibility index (Phi) is 6.96. The molecular weight excluding hydrogens is 445 g/mol. The molecule has 1 N–H and O–H groups in total. The number of benzene rings is 2. The van der Waals surface area contributed by atoms with Crippen molar-refractivity contribution >= 4 is 11.8 Å². The molecule has 2 aromatic rings. The van der Waals surface area contributed by atoms with Gasteiger partial charge < -0.3 is 29.8 Å². The molecule has 0 spiro atoms. The van der Waals surface area contributed by atoms with Crippen molar-refractivity contribution in [3.8, 4) is 0 Å². The van der Waals surface area contributed by atoms with Crippen LogP contribution in [0.25, 0.3) is 0 Å². The Hall–Kier alpha value is -2.24. The Balaban J connectivity index is 1.63. The van der Waals surface area contributed by atoms with E-state index in [0.29, 0.717) is 13.2 Å². The lowest BCUT2D eigenvalue weighted by Crippen LogP contribution is -2.46. The molecule has 3 atom stereocenters.